The van der Waals surface area contributed by atoms with Gasteiger partial charge in [0.2, 0.25) is 5.91 Å². The van der Waals surface area contributed by atoms with Crippen molar-refractivity contribution in [3.63, 3.8) is 0 Å². The smallest absolute Gasteiger partial charge is 0.263 e. The summed E-state index contributed by atoms with van der Waals surface area (Å²) >= 11 is 0. The molecule has 2 N–H and O–H groups in total. The lowest BCUT2D eigenvalue weighted by atomic mass is 9.98. The topological polar surface area (TPSA) is 96.9 Å². The lowest BCUT2D eigenvalue weighted by Crippen LogP contribution is -2.39. The van der Waals surface area contributed by atoms with Gasteiger partial charge in [-0.1, -0.05) is 32.4 Å². The Bertz CT molecular complexity index is 761. The van der Waals surface area contributed by atoms with Crippen LogP contribution in [0.2, 0.25) is 0 Å². The Balaban J connectivity index is 2.18. The Labute approximate surface area is 155 Å². The summed E-state index contributed by atoms with van der Waals surface area (Å²) in [7, 11) is -1.97. The number of benzene rings is 1. The lowest BCUT2D eigenvalue weighted by Gasteiger charge is -2.19. The van der Waals surface area contributed by atoms with Gasteiger partial charge in [-0.2, -0.15) is 0 Å². The van der Waals surface area contributed by atoms with E-state index >= 15 is 0 Å². The third-order valence-corrected chi connectivity index (χ3v) is 5.85. The molecule has 2 atom stereocenters. The minimum absolute atomic E-state index is 0.0151. The molecule has 2 rings (SSSR count). The predicted octanol–water partition coefficient (Wildman–Crippen LogP) is 1.68. The number of fused-ring (bicyclic) bond motifs is 1. The van der Waals surface area contributed by atoms with Gasteiger partial charge in [0.15, 0.2) is 0 Å². The van der Waals surface area contributed by atoms with E-state index in [4.69, 9.17) is 4.74 Å². The average molecular weight is 381 g/mol. The van der Waals surface area contributed by atoms with E-state index in [1.165, 1.54) is 6.07 Å². The van der Waals surface area contributed by atoms with Crippen LogP contribution < -0.4 is 10.0 Å². The summed E-state index contributed by atoms with van der Waals surface area (Å²) in [5.74, 6) is 0.0343. The number of carbonyl (C=O) groups excluding carboxylic acids is 1. The molecule has 144 valence electrons. The third kappa shape index (κ3) is 4.82. The second-order valence-electron chi connectivity index (χ2n) is 6.40. The number of hydrogen-bond donors (Lipinski definition) is 2. The number of unbranched alkanes of at least 4 members (excludes halogenated alkanes) is 1. The molecule has 1 amide bonds. The van der Waals surface area contributed by atoms with Crippen LogP contribution in [0.1, 0.15) is 38.7 Å². The summed E-state index contributed by atoms with van der Waals surface area (Å²) < 4.78 is 31.9. The molecule has 0 aromatic heterocycles. The van der Waals surface area contributed by atoms with E-state index < -0.39 is 16.1 Å². The van der Waals surface area contributed by atoms with Gasteiger partial charge in [-0.25, -0.2) is 8.42 Å². The molecule has 0 aliphatic carbocycles. The number of amides is 1. The van der Waals surface area contributed by atoms with E-state index in [1.54, 1.807) is 25.3 Å². The third-order valence-electron chi connectivity index (χ3n) is 4.46. The summed E-state index contributed by atoms with van der Waals surface area (Å²) in [6.07, 6.45) is 2.44. The fraction of sp³-hybridized carbons (Fsp3) is 0.556. The fourth-order valence-corrected chi connectivity index (χ4v) is 3.96. The normalized spacial score (nSPS) is 18.8. The van der Waals surface area contributed by atoms with Crippen LogP contribution in [0.3, 0.4) is 0 Å². The highest BCUT2D eigenvalue weighted by atomic mass is 32.2. The number of methoxy groups -OCH3 is 1. The van der Waals surface area contributed by atoms with Crippen molar-refractivity contribution in [1.29, 1.82) is 0 Å². The van der Waals surface area contributed by atoms with E-state index in [0.29, 0.717) is 18.7 Å². The van der Waals surface area contributed by atoms with Crippen molar-refractivity contribution in [2.45, 2.75) is 44.0 Å². The number of hydrogen-bond acceptors (Lipinski definition) is 5. The highest BCUT2D eigenvalue weighted by Crippen LogP contribution is 2.24. The Kier molecular flexibility index (Phi) is 7.16. The Morgan fingerprint density at radius 1 is 1.31 bits per heavy atom. The first kappa shape index (κ1) is 20.4. The molecule has 0 fully saturated rings. The zero-order valence-electron chi connectivity index (χ0n) is 15.5. The summed E-state index contributed by atoms with van der Waals surface area (Å²) in [5.41, 5.74) is 0.508. The van der Waals surface area contributed by atoms with Crippen LogP contribution in [0.15, 0.2) is 34.2 Å². The summed E-state index contributed by atoms with van der Waals surface area (Å²) in [5, 5.41) is 2.90. The van der Waals surface area contributed by atoms with Gasteiger partial charge >= 0.3 is 0 Å². The van der Waals surface area contributed by atoms with Crippen molar-refractivity contribution >= 4 is 21.8 Å². The van der Waals surface area contributed by atoms with Crippen molar-refractivity contribution in [3.8, 4) is 0 Å². The van der Waals surface area contributed by atoms with Gasteiger partial charge in [-0.05, 0) is 30.9 Å². The quantitative estimate of drug-likeness (QED) is 0.636. The minimum Gasteiger partial charge on any atom is -0.385 e. The molecule has 7 nitrogen and oxygen atoms in total. The van der Waals surface area contributed by atoms with Crippen LogP contribution >= 0.6 is 0 Å². The van der Waals surface area contributed by atoms with Crippen molar-refractivity contribution in [2.24, 2.45) is 10.9 Å². The van der Waals surface area contributed by atoms with E-state index in [2.05, 4.69) is 15.0 Å². The number of aliphatic imine (C=N–C) groups is 1. The highest BCUT2D eigenvalue weighted by Gasteiger charge is 2.32. The molecule has 1 aliphatic rings. The van der Waals surface area contributed by atoms with Crippen LogP contribution in [0.4, 0.5) is 0 Å². The van der Waals surface area contributed by atoms with Crippen LogP contribution in [-0.4, -0.2) is 46.5 Å². The first-order valence-corrected chi connectivity index (χ1v) is 10.4. The SMILES string of the molecule is CC[C@H](C)[C@H](N=C1NS(=O)(=O)c2ccccc21)C(=O)NCCCCOC. The number of sulfonamides is 1. The van der Waals surface area contributed by atoms with Crippen molar-refractivity contribution in [2.75, 3.05) is 20.3 Å². The largest absolute Gasteiger partial charge is 0.385 e. The van der Waals surface area contributed by atoms with Gasteiger partial charge in [0.1, 0.15) is 11.9 Å². The summed E-state index contributed by atoms with van der Waals surface area (Å²) in [4.78, 5) is 17.3. The van der Waals surface area contributed by atoms with E-state index in [-0.39, 0.29) is 22.6 Å². The zero-order chi connectivity index (χ0) is 19.2. The number of rotatable bonds is 9. The summed E-state index contributed by atoms with van der Waals surface area (Å²) in [6, 6.07) is 6.01. The molecular weight excluding hydrogens is 354 g/mol. The molecular formula is C18H27N3O4S. The molecule has 8 heteroatoms. The van der Waals surface area contributed by atoms with Crippen LogP contribution in [-0.2, 0) is 19.6 Å². The number of ether oxygens (including phenoxy) is 1. The Hall–Kier alpha value is -1.93. The second-order valence-corrected chi connectivity index (χ2v) is 8.05. The fourth-order valence-electron chi connectivity index (χ4n) is 2.72. The van der Waals surface area contributed by atoms with E-state index in [1.807, 2.05) is 13.8 Å². The maximum Gasteiger partial charge on any atom is 0.263 e. The Morgan fingerprint density at radius 3 is 2.73 bits per heavy atom. The second kappa shape index (κ2) is 9.14. The number of nitrogens with one attached hydrogen (secondary N) is 2. The molecule has 1 aromatic rings. The molecule has 1 heterocycles. The molecule has 0 unspecified atom stereocenters. The maximum atomic E-state index is 12.6. The molecule has 26 heavy (non-hydrogen) atoms. The zero-order valence-corrected chi connectivity index (χ0v) is 16.3. The van der Waals surface area contributed by atoms with E-state index in [0.717, 1.165) is 19.3 Å². The molecule has 0 spiro atoms. The van der Waals surface area contributed by atoms with Crippen molar-refractivity contribution < 1.29 is 17.9 Å². The predicted molar refractivity (Wildman–Crippen MR) is 101 cm³/mol. The van der Waals surface area contributed by atoms with Gasteiger partial charge in [0, 0.05) is 25.8 Å². The standard InChI is InChI=1S/C18H27N3O4S/c1-4-13(2)16(18(22)19-11-7-8-12-25-3)20-17-14-9-5-6-10-15(14)26(23,24)21-17/h5-6,9-10,13,16H,4,7-8,11-12H2,1-3H3,(H,19,22)(H,20,21)/t13-,16-/m0/s1. The lowest BCUT2D eigenvalue weighted by molar-refractivity contribution is -0.123. The first-order valence-electron chi connectivity index (χ1n) is 8.87. The molecule has 0 saturated carbocycles. The molecule has 0 radical (unpaired) electrons. The number of carbonyl (C=O) groups is 1. The van der Waals surface area contributed by atoms with Crippen LogP contribution in [0, 0.1) is 5.92 Å². The van der Waals surface area contributed by atoms with Gasteiger partial charge in [0.25, 0.3) is 10.0 Å². The first-order chi connectivity index (χ1) is 12.4. The molecule has 0 bridgehead atoms. The summed E-state index contributed by atoms with van der Waals surface area (Å²) in [6.45, 7) is 5.12. The average Bonchev–Trinajstić information content (AvgIpc) is 2.89. The van der Waals surface area contributed by atoms with Gasteiger partial charge in [-0.3, -0.25) is 14.5 Å². The molecule has 0 saturated heterocycles. The number of nitrogens with zero attached hydrogens (tertiary/aromatic N) is 1. The molecule has 1 aromatic carbocycles. The van der Waals surface area contributed by atoms with E-state index in [9.17, 15) is 13.2 Å². The minimum atomic E-state index is -3.61. The monoisotopic (exact) mass is 381 g/mol. The number of amidine groups is 1. The van der Waals surface area contributed by atoms with Gasteiger partial charge in [-0.15, -0.1) is 0 Å². The Morgan fingerprint density at radius 2 is 2.04 bits per heavy atom. The van der Waals surface area contributed by atoms with Crippen molar-refractivity contribution in [1.82, 2.24) is 10.0 Å². The molecule has 1 aliphatic heterocycles. The van der Waals surface area contributed by atoms with Crippen molar-refractivity contribution in [3.05, 3.63) is 29.8 Å². The van der Waals surface area contributed by atoms with Gasteiger partial charge in [0.05, 0.1) is 4.90 Å². The maximum absolute atomic E-state index is 12.6. The van der Waals surface area contributed by atoms with Crippen LogP contribution in [0.5, 0.6) is 0 Å². The van der Waals surface area contributed by atoms with Crippen LogP contribution in [0.25, 0.3) is 0 Å². The van der Waals surface area contributed by atoms with Gasteiger partial charge < -0.3 is 10.1 Å². The highest BCUT2D eigenvalue weighted by molar-refractivity contribution is 7.90.